The van der Waals surface area contributed by atoms with Crippen LogP contribution in [0.4, 0.5) is 0 Å². The van der Waals surface area contributed by atoms with Crippen molar-refractivity contribution in [2.24, 2.45) is 5.73 Å². The van der Waals surface area contributed by atoms with E-state index >= 15 is 0 Å². The van der Waals surface area contributed by atoms with Crippen molar-refractivity contribution in [2.75, 3.05) is 13.7 Å². The van der Waals surface area contributed by atoms with Gasteiger partial charge in [0.15, 0.2) is 5.78 Å². The van der Waals surface area contributed by atoms with Gasteiger partial charge in [-0.15, -0.1) is 0 Å². The highest BCUT2D eigenvalue weighted by Gasteiger charge is 2.13. The molecule has 0 aliphatic rings. The van der Waals surface area contributed by atoms with Crippen LogP contribution in [0.1, 0.15) is 21.5 Å². The minimum Gasteiger partial charge on any atom is -0.496 e. The summed E-state index contributed by atoms with van der Waals surface area (Å²) in [4.78, 5) is 11.5. The number of aryl methyl sites for hydroxylation is 2. The fourth-order valence-electron chi connectivity index (χ4n) is 1.55. The van der Waals surface area contributed by atoms with Gasteiger partial charge < -0.3 is 10.5 Å². The molecule has 0 aromatic heterocycles. The van der Waals surface area contributed by atoms with E-state index < -0.39 is 0 Å². The summed E-state index contributed by atoms with van der Waals surface area (Å²) in [7, 11) is 1.56. The summed E-state index contributed by atoms with van der Waals surface area (Å²) in [6.07, 6.45) is 0. The second-order valence-electron chi connectivity index (χ2n) is 3.29. The molecule has 2 N–H and O–H groups in total. The van der Waals surface area contributed by atoms with Crippen molar-refractivity contribution in [1.82, 2.24) is 0 Å². The molecule has 0 fully saturated rings. The minimum absolute atomic E-state index is 0.0141. The lowest BCUT2D eigenvalue weighted by molar-refractivity contribution is 0.0998. The van der Waals surface area contributed by atoms with Crippen LogP contribution in [0.2, 0.25) is 0 Å². The molecule has 0 aliphatic carbocycles. The van der Waals surface area contributed by atoms with Crippen molar-refractivity contribution in [3.05, 3.63) is 28.8 Å². The zero-order valence-electron chi connectivity index (χ0n) is 8.76. The zero-order chi connectivity index (χ0) is 10.7. The SMILES string of the molecule is COc1cc(C)cc(C)c1C(=O)CN. The van der Waals surface area contributed by atoms with E-state index in [-0.39, 0.29) is 12.3 Å². The Morgan fingerprint density at radius 3 is 2.57 bits per heavy atom. The molecule has 0 amide bonds. The molecule has 76 valence electrons. The van der Waals surface area contributed by atoms with Crippen LogP contribution in [-0.4, -0.2) is 19.4 Å². The fourth-order valence-corrected chi connectivity index (χ4v) is 1.55. The molecule has 0 spiro atoms. The Bertz CT molecular complexity index is 359. The summed E-state index contributed by atoms with van der Waals surface area (Å²) in [5.41, 5.74) is 7.92. The highest BCUT2D eigenvalue weighted by molar-refractivity contribution is 6.01. The van der Waals surface area contributed by atoms with Crippen LogP contribution in [-0.2, 0) is 0 Å². The molecule has 3 heteroatoms. The predicted octanol–water partition coefficient (Wildman–Crippen LogP) is 1.45. The number of rotatable bonds is 3. The van der Waals surface area contributed by atoms with Crippen LogP contribution in [0.25, 0.3) is 0 Å². The number of nitrogens with two attached hydrogens (primary N) is 1. The summed E-state index contributed by atoms with van der Waals surface area (Å²) in [5, 5.41) is 0. The molecule has 0 bridgehead atoms. The van der Waals surface area contributed by atoms with Crippen LogP contribution >= 0.6 is 0 Å². The molecule has 0 atom stereocenters. The first-order chi connectivity index (χ1) is 6.60. The molecule has 0 saturated heterocycles. The van der Waals surface area contributed by atoms with Gasteiger partial charge in [0, 0.05) is 0 Å². The monoisotopic (exact) mass is 193 g/mol. The second-order valence-corrected chi connectivity index (χ2v) is 3.29. The third-order valence-electron chi connectivity index (χ3n) is 2.13. The van der Waals surface area contributed by atoms with E-state index in [1.807, 2.05) is 26.0 Å². The first-order valence-corrected chi connectivity index (χ1v) is 4.48. The van der Waals surface area contributed by atoms with Crippen molar-refractivity contribution < 1.29 is 9.53 Å². The van der Waals surface area contributed by atoms with E-state index in [1.165, 1.54) is 0 Å². The fraction of sp³-hybridized carbons (Fsp3) is 0.364. The predicted molar refractivity (Wildman–Crippen MR) is 55.9 cm³/mol. The Morgan fingerprint density at radius 2 is 2.07 bits per heavy atom. The Labute approximate surface area is 83.9 Å². The standard InChI is InChI=1S/C11H15NO2/c1-7-4-8(2)11(9(13)6-12)10(5-7)14-3/h4-5H,6,12H2,1-3H3. The summed E-state index contributed by atoms with van der Waals surface area (Å²) in [6, 6.07) is 3.79. The maximum Gasteiger partial charge on any atom is 0.180 e. The normalized spacial score (nSPS) is 10.0. The van der Waals surface area contributed by atoms with Crippen LogP contribution in [0.15, 0.2) is 12.1 Å². The molecule has 14 heavy (non-hydrogen) atoms. The Hall–Kier alpha value is -1.35. The molecule has 0 saturated carbocycles. The van der Waals surface area contributed by atoms with Crippen LogP contribution in [0.3, 0.4) is 0 Å². The summed E-state index contributed by atoms with van der Waals surface area (Å²) in [6.45, 7) is 3.87. The lowest BCUT2D eigenvalue weighted by Gasteiger charge is -2.10. The van der Waals surface area contributed by atoms with E-state index in [0.717, 1.165) is 11.1 Å². The van der Waals surface area contributed by atoms with Crippen molar-refractivity contribution in [2.45, 2.75) is 13.8 Å². The van der Waals surface area contributed by atoms with Gasteiger partial charge in [-0.2, -0.15) is 0 Å². The maximum atomic E-state index is 11.5. The summed E-state index contributed by atoms with van der Waals surface area (Å²) < 4.78 is 5.15. The Kier molecular flexibility index (Phi) is 3.25. The van der Waals surface area contributed by atoms with Gasteiger partial charge in [0.1, 0.15) is 5.75 Å². The highest BCUT2D eigenvalue weighted by Crippen LogP contribution is 2.24. The number of methoxy groups -OCH3 is 1. The molecule has 0 aliphatic heterocycles. The largest absolute Gasteiger partial charge is 0.496 e. The van der Waals surface area contributed by atoms with E-state index in [1.54, 1.807) is 7.11 Å². The highest BCUT2D eigenvalue weighted by atomic mass is 16.5. The van der Waals surface area contributed by atoms with Gasteiger partial charge in [-0.05, 0) is 31.0 Å². The molecule has 1 aromatic rings. The first kappa shape index (κ1) is 10.7. The maximum absolute atomic E-state index is 11.5. The quantitative estimate of drug-likeness (QED) is 0.739. The number of carbonyl (C=O) groups excluding carboxylic acids is 1. The number of hydrogen-bond donors (Lipinski definition) is 1. The lowest BCUT2D eigenvalue weighted by Crippen LogP contribution is -2.16. The van der Waals surface area contributed by atoms with Gasteiger partial charge in [-0.1, -0.05) is 6.07 Å². The van der Waals surface area contributed by atoms with Crippen molar-refractivity contribution in [3.63, 3.8) is 0 Å². The number of Topliss-reactive ketones (excluding diaryl/α,β-unsaturated/α-hetero) is 1. The molecule has 0 heterocycles. The van der Waals surface area contributed by atoms with Gasteiger partial charge >= 0.3 is 0 Å². The van der Waals surface area contributed by atoms with Crippen LogP contribution < -0.4 is 10.5 Å². The first-order valence-electron chi connectivity index (χ1n) is 4.48. The van der Waals surface area contributed by atoms with Gasteiger partial charge in [-0.3, -0.25) is 4.79 Å². The molecule has 0 radical (unpaired) electrons. The average molecular weight is 193 g/mol. The van der Waals surface area contributed by atoms with E-state index in [0.29, 0.717) is 11.3 Å². The number of ketones is 1. The number of hydrogen-bond acceptors (Lipinski definition) is 3. The third kappa shape index (κ3) is 1.93. The lowest BCUT2D eigenvalue weighted by atomic mass is 10.0. The van der Waals surface area contributed by atoms with E-state index in [2.05, 4.69) is 0 Å². The Morgan fingerprint density at radius 1 is 1.43 bits per heavy atom. The van der Waals surface area contributed by atoms with Crippen LogP contribution in [0.5, 0.6) is 5.75 Å². The average Bonchev–Trinajstić information content (AvgIpc) is 2.15. The summed E-state index contributed by atoms with van der Waals surface area (Å²) in [5.74, 6) is 0.525. The third-order valence-corrected chi connectivity index (χ3v) is 2.13. The van der Waals surface area contributed by atoms with Gasteiger partial charge in [-0.25, -0.2) is 0 Å². The molecule has 1 aromatic carbocycles. The van der Waals surface area contributed by atoms with E-state index in [4.69, 9.17) is 10.5 Å². The van der Waals surface area contributed by atoms with Gasteiger partial charge in [0.25, 0.3) is 0 Å². The second kappa shape index (κ2) is 4.24. The molecule has 3 nitrogen and oxygen atoms in total. The number of carbonyl (C=O) groups is 1. The molecular weight excluding hydrogens is 178 g/mol. The van der Waals surface area contributed by atoms with Crippen molar-refractivity contribution in [3.8, 4) is 5.75 Å². The number of ether oxygens (including phenoxy) is 1. The summed E-state index contributed by atoms with van der Waals surface area (Å²) >= 11 is 0. The zero-order valence-corrected chi connectivity index (χ0v) is 8.76. The Balaban J connectivity index is 3.32. The van der Waals surface area contributed by atoms with Crippen molar-refractivity contribution >= 4 is 5.78 Å². The smallest absolute Gasteiger partial charge is 0.180 e. The van der Waals surface area contributed by atoms with Crippen LogP contribution in [0, 0.1) is 13.8 Å². The van der Waals surface area contributed by atoms with Crippen molar-refractivity contribution in [1.29, 1.82) is 0 Å². The molecular formula is C11H15NO2. The number of benzene rings is 1. The molecule has 0 unspecified atom stereocenters. The van der Waals surface area contributed by atoms with Gasteiger partial charge in [0.05, 0.1) is 19.2 Å². The minimum atomic E-state index is -0.0839. The molecule has 1 rings (SSSR count). The topological polar surface area (TPSA) is 52.3 Å². The van der Waals surface area contributed by atoms with Gasteiger partial charge in [0.2, 0.25) is 0 Å². The van der Waals surface area contributed by atoms with E-state index in [9.17, 15) is 4.79 Å².